The molecule has 0 spiro atoms. The molecule has 1 aliphatic rings. The summed E-state index contributed by atoms with van der Waals surface area (Å²) in [4.78, 5) is 25.5. The Morgan fingerprint density at radius 1 is 0.972 bits per heavy atom. The first-order valence-corrected chi connectivity index (χ1v) is 12.3. The molecule has 4 aromatic rings. The van der Waals surface area contributed by atoms with E-state index < -0.39 is 17.3 Å². The number of benzene rings is 3. The van der Waals surface area contributed by atoms with Gasteiger partial charge in [-0.3, -0.25) is 4.79 Å². The lowest BCUT2D eigenvalue weighted by molar-refractivity contribution is -0.116. The molecule has 0 radical (unpaired) electrons. The minimum absolute atomic E-state index is 0.157. The van der Waals surface area contributed by atoms with Gasteiger partial charge < -0.3 is 15.5 Å². The van der Waals surface area contributed by atoms with Gasteiger partial charge in [-0.15, -0.1) is 10.2 Å². The third-order valence-corrected chi connectivity index (χ3v) is 7.12. The van der Waals surface area contributed by atoms with Crippen LogP contribution in [0.15, 0.2) is 78.0 Å². The maximum atomic E-state index is 13.6. The zero-order chi connectivity index (χ0) is 25.2. The maximum absolute atomic E-state index is 13.6. The van der Waals surface area contributed by atoms with E-state index in [2.05, 4.69) is 27.0 Å². The number of fused-ring (bicyclic) bond motifs is 1. The van der Waals surface area contributed by atoms with E-state index >= 15 is 0 Å². The van der Waals surface area contributed by atoms with Gasteiger partial charge in [0.05, 0.1) is 18.7 Å². The Hall–Kier alpha value is -4.11. The van der Waals surface area contributed by atoms with Crippen molar-refractivity contribution in [2.24, 2.45) is 0 Å². The van der Waals surface area contributed by atoms with Crippen molar-refractivity contribution in [2.75, 3.05) is 17.9 Å². The molecule has 0 aliphatic carbocycles. The molecule has 9 heteroatoms. The SMILES string of the molecule is COC(=O)c1ccc([C@@H]2Nn3c(nnc3-c3ccccc3)S[C@H]2C(=O)Nc2cc(C)cc(C)c2)cc1. The maximum Gasteiger partial charge on any atom is 0.337 e. The zero-order valence-electron chi connectivity index (χ0n) is 20.1. The van der Waals surface area contributed by atoms with Crippen LogP contribution in [-0.4, -0.2) is 39.1 Å². The highest BCUT2D eigenvalue weighted by atomic mass is 32.2. The molecule has 2 heterocycles. The lowest BCUT2D eigenvalue weighted by atomic mass is 10.0. The number of carbonyl (C=O) groups excluding carboxylic acids is 2. The predicted molar refractivity (Wildman–Crippen MR) is 140 cm³/mol. The minimum Gasteiger partial charge on any atom is -0.465 e. The number of aromatic nitrogens is 3. The average Bonchev–Trinajstić information content (AvgIpc) is 3.30. The molecular weight excluding hydrogens is 474 g/mol. The predicted octanol–water partition coefficient (Wildman–Crippen LogP) is 4.75. The minimum atomic E-state index is -0.546. The number of anilines is 1. The number of methoxy groups -OCH3 is 1. The Kier molecular flexibility index (Phi) is 6.47. The number of hydrogen-bond donors (Lipinski definition) is 2. The van der Waals surface area contributed by atoms with Crippen LogP contribution < -0.4 is 10.7 Å². The lowest BCUT2D eigenvalue weighted by Gasteiger charge is -2.33. The summed E-state index contributed by atoms with van der Waals surface area (Å²) in [5.74, 6) is 0.0848. The first kappa shape index (κ1) is 23.6. The van der Waals surface area contributed by atoms with E-state index in [1.807, 2.05) is 73.1 Å². The van der Waals surface area contributed by atoms with Crippen LogP contribution in [0.5, 0.6) is 0 Å². The van der Waals surface area contributed by atoms with Gasteiger partial charge >= 0.3 is 5.97 Å². The van der Waals surface area contributed by atoms with Crippen LogP contribution in [0.2, 0.25) is 0 Å². The fourth-order valence-corrected chi connectivity index (χ4v) is 5.36. The van der Waals surface area contributed by atoms with Gasteiger partial charge in [0.2, 0.25) is 11.1 Å². The van der Waals surface area contributed by atoms with Crippen molar-refractivity contribution >= 4 is 29.3 Å². The third-order valence-electron chi connectivity index (χ3n) is 5.91. The summed E-state index contributed by atoms with van der Waals surface area (Å²) in [6.07, 6.45) is 0. The number of carbonyl (C=O) groups is 2. The standard InChI is InChI=1S/C27H25N5O3S/c1-16-13-17(2)15-21(14-16)28-25(33)23-22(18-9-11-20(12-10-18)26(34)35-3)31-32-24(29-30-27(32)36-23)19-7-5-4-6-8-19/h4-15,22-23,31H,1-3H3,(H,28,33)/t22-,23+/m0/s1. The van der Waals surface area contributed by atoms with Gasteiger partial charge in [0.15, 0.2) is 5.82 Å². The Labute approximate surface area is 213 Å². The molecule has 1 amide bonds. The summed E-state index contributed by atoms with van der Waals surface area (Å²) in [6.45, 7) is 4.00. The van der Waals surface area contributed by atoms with Gasteiger partial charge in [-0.05, 0) is 54.8 Å². The number of nitrogens with one attached hydrogen (secondary N) is 2. The monoisotopic (exact) mass is 499 g/mol. The second kappa shape index (κ2) is 9.87. The highest BCUT2D eigenvalue weighted by molar-refractivity contribution is 8.00. The van der Waals surface area contributed by atoms with Crippen molar-refractivity contribution < 1.29 is 14.3 Å². The summed E-state index contributed by atoms with van der Waals surface area (Å²) in [6, 6.07) is 22.3. The molecular formula is C27H25N5O3S. The molecule has 0 saturated carbocycles. The first-order valence-electron chi connectivity index (χ1n) is 11.4. The van der Waals surface area contributed by atoms with Gasteiger partial charge in [-0.2, -0.15) is 0 Å². The van der Waals surface area contributed by atoms with Crippen LogP contribution in [0.1, 0.15) is 33.1 Å². The molecule has 182 valence electrons. The highest BCUT2D eigenvalue weighted by Gasteiger charge is 2.38. The molecule has 8 nitrogen and oxygen atoms in total. The van der Waals surface area contributed by atoms with Gasteiger partial charge in [0.1, 0.15) is 5.25 Å². The molecule has 3 aromatic carbocycles. The van der Waals surface area contributed by atoms with Crippen molar-refractivity contribution in [3.05, 3.63) is 95.1 Å². The normalized spacial score (nSPS) is 16.5. The number of rotatable bonds is 5. The Balaban J connectivity index is 1.51. The number of thioether (sulfide) groups is 1. The van der Waals surface area contributed by atoms with E-state index in [4.69, 9.17) is 4.74 Å². The van der Waals surface area contributed by atoms with Crippen LogP contribution >= 0.6 is 11.8 Å². The molecule has 5 rings (SSSR count). The van der Waals surface area contributed by atoms with Crippen LogP contribution in [0.3, 0.4) is 0 Å². The van der Waals surface area contributed by atoms with Gasteiger partial charge in [-0.25, -0.2) is 9.47 Å². The highest BCUT2D eigenvalue weighted by Crippen LogP contribution is 2.39. The number of amides is 1. The van der Waals surface area contributed by atoms with E-state index in [1.54, 1.807) is 12.1 Å². The van der Waals surface area contributed by atoms with Crippen molar-refractivity contribution in [1.82, 2.24) is 14.9 Å². The quantitative estimate of drug-likeness (QED) is 0.383. The van der Waals surface area contributed by atoms with Crippen molar-refractivity contribution in [3.63, 3.8) is 0 Å². The number of aryl methyl sites for hydroxylation is 2. The molecule has 36 heavy (non-hydrogen) atoms. The summed E-state index contributed by atoms with van der Waals surface area (Å²) >= 11 is 1.35. The average molecular weight is 500 g/mol. The van der Waals surface area contributed by atoms with Gasteiger partial charge in [0.25, 0.3) is 0 Å². The second-order valence-electron chi connectivity index (χ2n) is 8.63. The molecule has 0 fully saturated rings. The van der Waals surface area contributed by atoms with Gasteiger partial charge in [-0.1, -0.05) is 60.3 Å². The summed E-state index contributed by atoms with van der Waals surface area (Å²) in [7, 11) is 1.35. The van der Waals surface area contributed by atoms with Crippen molar-refractivity contribution in [1.29, 1.82) is 0 Å². The largest absolute Gasteiger partial charge is 0.465 e. The van der Waals surface area contributed by atoms with Crippen LogP contribution in [-0.2, 0) is 9.53 Å². The number of esters is 1. The third kappa shape index (κ3) is 4.70. The van der Waals surface area contributed by atoms with E-state index in [9.17, 15) is 9.59 Å². The fourth-order valence-electron chi connectivity index (χ4n) is 4.28. The van der Waals surface area contributed by atoms with Crippen molar-refractivity contribution in [2.45, 2.75) is 30.3 Å². The molecule has 0 unspecified atom stereocenters. The molecule has 2 N–H and O–H groups in total. The fraction of sp³-hybridized carbons (Fsp3) is 0.185. The van der Waals surface area contributed by atoms with Crippen LogP contribution in [0.4, 0.5) is 5.69 Å². The molecule has 1 aliphatic heterocycles. The smallest absolute Gasteiger partial charge is 0.337 e. The zero-order valence-corrected chi connectivity index (χ0v) is 20.9. The van der Waals surface area contributed by atoms with E-state index in [0.717, 1.165) is 27.9 Å². The Bertz CT molecular complexity index is 1400. The van der Waals surface area contributed by atoms with Crippen molar-refractivity contribution in [3.8, 4) is 11.4 Å². The van der Waals surface area contributed by atoms with E-state index in [1.165, 1.54) is 18.9 Å². The summed E-state index contributed by atoms with van der Waals surface area (Å²) < 4.78 is 6.64. The van der Waals surface area contributed by atoms with E-state index in [-0.39, 0.29) is 5.91 Å². The second-order valence-corrected chi connectivity index (χ2v) is 9.74. The topological polar surface area (TPSA) is 98.1 Å². The lowest BCUT2D eigenvalue weighted by Crippen LogP contribution is -2.41. The number of ether oxygens (including phenoxy) is 1. The first-order chi connectivity index (χ1) is 17.4. The summed E-state index contributed by atoms with van der Waals surface area (Å²) in [5, 5.41) is 11.8. The molecule has 0 saturated heterocycles. The van der Waals surface area contributed by atoms with Crippen LogP contribution in [0, 0.1) is 13.8 Å². The summed E-state index contributed by atoms with van der Waals surface area (Å²) in [5.41, 5.74) is 8.53. The van der Waals surface area contributed by atoms with Crippen LogP contribution in [0.25, 0.3) is 11.4 Å². The Morgan fingerprint density at radius 3 is 2.33 bits per heavy atom. The number of hydrogen-bond acceptors (Lipinski definition) is 7. The Morgan fingerprint density at radius 2 is 1.67 bits per heavy atom. The van der Waals surface area contributed by atoms with E-state index in [0.29, 0.717) is 16.5 Å². The molecule has 1 aromatic heterocycles. The molecule has 0 bridgehead atoms. The number of nitrogens with zero attached hydrogens (tertiary/aromatic N) is 3. The molecule has 2 atom stereocenters. The van der Waals surface area contributed by atoms with Gasteiger partial charge in [0, 0.05) is 11.3 Å².